The number of nitrogens with zero attached hydrogens (tertiary/aromatic N) is 1. The van der Waals surface area contributed by atoms with Gasteiger partial charge in [-0.25, -0.2) is 9.59 Å². The molecule has 0 aromatic heterocycles. The number of urea groups is 2. The molecular formula is C26H25Cl2N5O3. The van der Waals surface area contributed by atoms with Gasteiger partial charge in [-0.05, 0) is 61.7 Å². The van der Waals surface area contributed by atoms with Crippen molar-refractivity contribution in [2.45, 2.75) is 26.7 Å². The molecule has 4 rings (SSSR count). The Balaban J connectivity index is 1.65. The summed E-state index contributed by atoms with van der Waals surface area (Å²) >= 11 is 12.3. The second kappa shape index (κ2) is 10.9. The molecule has 186 valence electrons. The van der Waals surface area contributed by atoms with Crippen molar-refractivity contribution in [1.82, 2.24) is 0 Å². The van der Waals surface area contributed by atoms with Gasteiger partial charge in [0.2, 0.25) is 5.91 Å². The number of benzene rings is 3. The van der Waals surface area contributed by atoms with Crippen LogP contribution in [-0.2, 0) is 4.79 Å². The quantitative estimate of drug-likeness (QED) is 0.287. The van der Waals surface area contributed by atoms with Gasteiger partial charge in [0.25, 0.3) is 0 Å². The molecule has 1 aliphatic heterocycles. The van der Waals surface area contributed by atoms with Crippen molar-refractivity contribution >= 4 is 69.6 Å². The second-order valence-electron chi connectivity index (χ2n) is 8.34. The average molecular weight is 526 g/mol. The molecule has 5 amide bonds. The molecule has 8 nitrogen and oxygen atoms in total. The van der Waals surface area contributed by atoms with E-state index in [1.165, 1.54) is 0 Å². The van der Waals surface area contributed by atoms with Crippen molar-refractivity contribution < 1.29 is 14.4 Å². The van der Waals surface area contributed by atoms with Crippen LogP contribution in [-0.4, -0.2) is 24.5 Å². The fourth-order valence-electron chi connectivity index (χ4n) is 4.12. The van der Waals surface area contributed by atoms with Crippen LogP contribution in [0.2, 0.25) is 10.0 Å². The highest BCUT2D eigenvalue weighted by atomic mass is 35.5. The van der Waals surface area contributed by atoms with E-state index in [4.69, 9.17) is 23.2 Å². The van der Waals surface area contributed by atoms with E-state index < -0.39 is 12.1 Å². The van der Waals surface area contributed by atoms with E-state index in [1.54, 1.807) is 59.5 Å². The summed E-state index contributed by atoms with van der Waals surface area (Å²) in [5, 5.41) is 11.9. The first-order chi connectivity index (χ1) is 17.2. The molecule has 3 aromatic rings. The van der Waals surface area contributed by atoms with Crippen molar-refractivity contribution in [1.29, 1.82) is 0 Å². The van der Waals surface area contributed by atoms with E-state index in [0.717, 1.165) is 6.42 Å². The van der Waals surface area contributed by atoms with Crippen molar-refractivity contribution in [2.24, 2.45) is 0 Å². The van der Waals surface area contributed by atoms with E-state index >= 15 is 0 Å². The Bertz CT molecular complexity index is 1260. The van der Waals surface area contributed by atoms with E-state index in [1.807, 2.05) is 13.8 Å². The Labute approximate surface area is 219 Å². The first-order valence-corrected chi connectivity index (χ1v) is 12.1. The van der Waals surface area contributed by atoms with Gasteiger partial charge in [-0.3, -0.25) is 4.79 Å². The Morgan fingerprint density at radius 1 is 0.750 bits per heavy atom. The fourth-order valence-corrected chi connectivity index (χ4v) is 4.49. The number of para-hydroxylation sites is 2. The number of anilines is 5. The summed E-state index contributed by atoms with van der Waals surface area (Å²) < 4.78 is 0. The molecule has 0 atom stereocenters. The number of amides is 5. The van der Waals surface area contributed by atoms with E-state index in [-0.39, 0.29) is 5.91 Å². The predicted molar refractivity (Wildman–Crippen MR) is 146 cm³/mol. The number of hydrogen-bond donors (Lipinski definition) is 4. The molecule has 0 unspecified atom stereocenters. The topological polar surface area (TPSA) is 103 Å². The molecule has 10 heteroatoms. The van der Waals surface area contributed by atoms with Crippen LogP contribution < -0.4 is 26.2 Å². The molecule has 1 saturated heterocycles. The number of hydrogen-bond acceptors (Lipinski definition) is 3. The van der Waals surface area contributed by atoms with Gasteiger partial charge in [0, 0.05) is 24.3 Å². The van der Waals surface area contributed by atoms with Gasteiger partial charge < -0.3 is 26.2 Å². The smallest absolute Gasteiger partial charge is 0.312 e. The van der Waals surface area contributed by atoms with Crippen molar-refractivity contribution in [3.05, 3.63) is 75.8 Å². The minimum atomic E-state index is -0.514. The van der Waals surface area contributed by atoms with Crippen molar-refractivity contribution in [3.8, 4) is 0 Å². The van der Waals surface area contributed by atoms with Gasteiger partial charge in [0.05, 0.1) is 27.1 Å². The summed E-state index contributed by atoms with van der Waals surface area (Å²) in [4.78, 5) is 39.9. The second-order valence-corrected chi connectivity index (χ2v) is 9.15. The summed E-state index contributed by atoms with van der Waals surface area (Å²) in [7, 11) is 0. The van der Waals surface area contributed by atoms with Crippen LogP contribution >= 0.6 is 23.2 Å². The number of nitrogens with one attached hydrogen (secondary N) is 4. The molecule has 0 saturated carbocycles. The lowest BCUT2D eigenvalue weighted by Gasteiger charge is -2.25. The maximum atomic E-state index is 12.8. The Hall–Kier alpha value is -3.75. The molecule has 0 radical (unpaired) electrons. The lowest BCUT2D eigenvalue weighted by Crippen LogP contribution is -2.28. The molecule has 36 heavy (non-hydrogen) atoms. The number of rotatable bonds is 5. The zero-order chi connectivity index (χ0) is 25.8. The van der Waals surface area contributed by atoms with Crippen LogP contribution in [0.5, 0.6) is 0 Å². The van der Waals surface area contributed by atoms with Gasteiger partial charge in [0.1, 0.15) is 0 Å². The summed E-state index contributed by atoms with van der Waals surface area (Å²) in [5.74, 6) is -0.00895. The normalized spacial score (nSPS) is 12.9. The highest BCUT2D eigenvalue weighted by molar-refractivity contribution is 6.34. The number of carbonyl (C=O) groups is 3. The summed E-state index contributed by atoms with van der Waals surface area (Å²) in [6, 6.07) is 14.4. The van der Waals surface area contributed by atoms with Gasteiger partial charge in [0.15, 0.2) is 0 Å². The lowest BCUT2D eigenvalue weighted by molar-refractivity contribution is -0.117. The Morgan fingerprint density at radius 3 is 1.61 bits per heavy atom. The molecule has 4 N–H and O–H groups in total. The molecule has 1 fully saturated rings. The van der Waals surface area contributed by atoms with Crippen molar-refractivity contribution in [2.75, 3.05) is 32.7 Å². The average Bonchev–Trinajstić information content (AvgIpc) is 3.25. The maximum Gasteiger partial charge on any atom is 0.323 e. The molecular weight excluding hydrogens is 501 g/mol. The van der Waals surface area contributed by atoms with Crippen LogP contribution in [0.3, 0.4) is 0 Å². The zero-order valence-corrected chi connectivity index (χ0v) is 21.3. The fraction of sp³-hybridized carbons (Fsp3) is 0.192. The van der Waals surface area contributed by atoms with Gasteiger partial charge in [-0.1, -0.05) is 47.5 Å². The van der Waals surface area contributed by atoms with Crippen LogP contribution in [0.4, 0.5) is 38.0 Å². The summed E-state index contributed by atoms with van der Waals surface area (Å²) in [6.45, 7) is 4.21. The Morgan fingerprint density at radius 2 is 1.19 bits per heavy atom. The number of halogens is 2. The van der Waals surface area contributed by atoms with Crippen LogP contribution in [0, 0.1) is 13.8 Å². The van der Waals surface area contributed by atoms with Gasteiger partial charge in [-0.15, -0.1) is 0 Å². The van der Waals surface area contributed by atoms with Crippen LogP contribution in [0.25, 0.3) is 0 Å². The van der Waals surface area contributed by atoms with Crippen LogP contribution in [0.15, 0.2) is 54.6 Å². The van der Waals surface area contributed by atoms with E-state index in [9.17, 15) is 14.4 Å². The van der Waals surface area contributed by atoms with Gasteiger partial charge in [-0.2, -0.15) is 0 Å². The molecule has 0 spiro atoms. The predicted octanol–water partition coefficient (Wildman–Crippen LogP) is 7.03. The summed E-state index contributed by atoms with van der Waals surface area (Å²) in [5.41, 5.74) is 3.84. The monoisotopic (exact) mass is 525 g/mol. The molecule has 0 bridgehead atoms. The van der Waals surface area contributed by atoms with E-state index in [2.05, 4.69) is 21.3 Å². The Kier molecular flexibility index (Phi) is 7.67. The van der Waals surface area contributed by atoms with Gasteiger partial charge >= 0.3 is 12.1 Å². The first kappa shape index (κ1) is 25.3. The minimum absolute atomic E-state index is 0.00895. The lowest BCUT2D eigenvalue weighted by atomic mass is 10.0. The molecule has 1 heterocycles. The molecule has 1 aliphatic rings. The first-order valence-electron chi connectivity index (χ1n) is 11.3. The third kappa shape index (κ3) is 5.56. The third-order valence-corrected chi connectivity index (χ3v) is 6.55. The van der Waals surface area contributed by atoms with Crippen LogP contribution in [0.1, 0.15) is 24.0 Å². The maximum absolute atomic E-state index is 12.8. The zero-order valence-electron chi connectivity index (χ0n) is 19.7. The standard InChI is InChI=1S/C26H25Cl2N5O3/c1-15-21(31-25(35)29-19-10-5-3-8-17(19)27)14-22(16(2)24(15)33-13-7-12-23(33)34)32-26(36)30-20-11-6-4-9-18(20)28/h3-6,8-11,14H,7,12-13H2,1-2H3,(H2,29,31,35)(H2,30,32,36). The molecule has 0 aliphatic carbocycles. The summed E-state index contributed by atoms with van der Waals surface area (Å²) in [6.07, 6.45) is 1.18. The SMILES string of the molecule is Cc1c(NC(=O)Nc2ccccc2Cl)cc(NC(=O)Nc2ccccc2Cl)c(C)c1N1CCCC1=O. The number of carbonyl (C=O) groups excluding carboxylic acids is 3. The third-order valence-electron chi connectivity index (χ3n) is 5.89. The molecule has 3 aromatic carbocycles. The van der Waals surface area contributed by atoms with Crippen molar-refractivity contribution in [3.63, 3.8) is 0 Å². The largest absolute Gasteiger partial charge is 0.323 e. The van der Waals surface area contributed by atoms with E-state index in [0.29, 0.717) is 62.6 Å². The highest BCUT2D eigenvalue weighted by Gasteiger charge is 2.27. The highest BCUT2D eigenvalue weighted by Crippen LogP contribution is 2.38. The minimum Gasteiger partial charge on any atom is -0.312 e.